The molecule has 0 spiro atoms. The number of carbonyl (C=O) groups is 2. The first-order valence-electron chi connectivity index (χ1n) is 8.48. The Morgan fingerprint density at radius 2 is 1.92 bits per heavy atom. The zero-order valence-electron chi connectivity index (χ0n) is 14.4. The van der Waals surface area contributed by atoms with Gasteiger partial charge in [0, 0.05) is 32.2 Å². The fraction of sp³-hybridized carbons (Fsp3) is 0.556. The van der Waals surface area contributed by atoms with Gasteiger partial charge in [-0.15, -0.1) is 0 Å². The van der Waals surface area contributed by atoms with E-state index in [-0.39, 0.29) is 30.1 Å². The molecule has 2 rings (SSSR count). The normalized spacial score (nSPS) is 16.1. The van der Waals surface area contributed by atoms with E-state index in [9.17, 15) is 14.0 Å². The second-order valence-electron chi connectivity index (χ2n) is 6.50. The lowest BCUT2D eigenvalue weighted by molar-refractivity contribution is -0.130. The summed E-state index contributed by atoms with van der Waals surface area (Å²) in [7, 11) is 0. The van der Waals surface area contributed by atoms with Crippen molar-refractivity contribution in [1.29, 1.82) is 0 Å². The molecule has 0 atom stereocenters. The fourth-order valence-corrected chi connectivity index (χ4v) is 2.87. The van der Waals surface area contributed by atoms with E-state index in [0.29, 0.717) is 31.7 Å². The van der Waals surface area contributed by atoms with Gasteiger partial charge in [0.2, 0.25) is 11.8 Å². The van der Waals surface area contributed by atoms with E-state index in [0.717, 1.165) is 13.0 Å². The molecule has 1 saturated heterocycles. The van der Waals surface area contributed by atoms with Crippen molar-refractivity contribution in [1.82, 2.24) is 15.1 Å². The van der Waals surface area contributed by atoms with E-state index in [2.05, 4.69) is 10.2 Å². The Balaban J connectivity index is 1.85. The number of hydrogen-bond donors (Lipinski definition) is 1. The summed E-state index contributed by atoms with van der Waals surface area (Å²) in [6.45, 7) is 6.89. The average Bonchev–Trinajstić information content (AvgIpc) is 2.74. The Morgan fingerprint density at radius 3 is 2.62 bits per heavy atom. The van der Waals surface area contributed by atoms with Crippen LogP contribution in [0, 0.1) is 5.82 Å². The van der Waals surface area contributed by atoms with Crippen LogP contribution in [0.4, 0.5) is 4.39 Å². The fourth-order valence-electron chi connectivity index (χ4n) is 2.87. The number of nitrogens with one attached hydrogen (secondary N) is 1. The molecular formula is C18H26FN3O2. The SMILES string of the molecule is CC(C)NC(=O)CN1CCCN(C(=O)Cc2ccccc2F)CC1. The zero-order valence-corrected chi connectivity index (χ0v) is 14.4. The van der Waals surface area contributed by atoms with Crippen LogP contribution in [0.1, 0.15) is 25.8 Å². The molecule has 6 heteroatoms. The summed E-state index contributed by atoms with van der Waals surface area (Å²) >= 11 is 0. The topological polar surface area (TPSA) is 52.7 Å². The summed E-state index contributed by atoms with van der Waals surface area (Å²) in [6.07, 6.45) is 0.901. The minimum atomic E-state index is -0.340. The summed E-state index contributed by atoms with van der Waals surface area (Å²) < 4.78 is 13.7. The molecule has 1 aromatic rings. The highest BCUT2D eigenvalue weighted by Crippen LogP contribution is 2.10. The number of carbonyl (C=O) groups excluding carboxylic acids is 2. The van der Waals surface area contributed by atoms with Gasteiger partial charge in [0.15, 0.2) is 0 Å². The van der Waals surface area contributed by atoms with Crippen LogP contribution in [-0.4, -0.2) is 60.4 Å². The standard InChI is InChI=1S/C18H26FN3O2/c1-14(2)20-17(23)13-21-8-5-9-22(11-10-21)18(24)12-15-6-3-4-7-16(15)19/h3-4,6-7,14H,5,8-13H2,1-2H3,(H,20,23). The molecule has 0 bridgehead atoms. The Hall–Kier alpha value is -1.95. The first kappa shape index (κ1) is 18.4. The van der Waals surface area contributed by atoms with Crippen LogP contribution in [0.2, 0.25) is 0 Å². The van der Waals surface area contributed by atoms with E-state index < -0.39 is 0 Å². The lowest BCUT2D eigenvalue weighted by Crippen LogP contribution is -2.42. The van der Waals surface area contributed by atoms with Crippen molar-refractivity contribution in [2.24, 2.45) is 0 Å². The molecule has 24 heavy (non-hydrogen) atoms. The lowest BCUT2D eigenvalue weighted by atomic mass is 10.1. The van der Waals surface area contributed by atoms with Crippen molar-refractivity contribution < 1.29 is 14.0 Å². The zero-order chi connectivity index (χ0) is 17.5. The van der Waals surface area contributed by atoms with Gasteiger partial charge in [0.25, 0.3) is 0 Å². The molecule has 0 radical (unpaired) electrons. The first-order valence-corrected chi connectivity index (χ1v) is 8.48. The summed E-state index contributed by atoms with van der Waals surface area (Å²) in [5.74, 6) is -0.391. The van der Waals surface area contributed by atoms with Gasteiger partial charge >= 0.3 is 0 Å². The molecule has 5 nitrogen and oxygen atoms in total. The summed E-state index contributed by atoms with van der Waals surface area (Å²) in [6, 6.07) is 6.51. The molecule has 1 aliphatic heterocycles. The van der Waals surface area contributed by atoms with Gasteiger partial charge in [0.05, 0.1) is 13.0 Å². The van der Waals surface area contributed by atoms with Crippen molar-refractivity contribution in [2.75, 3.05) is 32.7 Å². The molecule has 0 aromatic heterocycles. The lowest BCUT2D eigenvalue weighted by Gasteiger charge is -2.22. The van der Waals surface area contributed by atoms with E-state index in [1.807, 2.05) is 13.8 Å². The predicted octanol–water partition coefficient (Wildman–Crippen LogP) is 1.43. The first-order chi connectivity index (χ1) is 11.5. The maximum Gasteiger partial charge on any atom is 0.234 e. The highest BCUT2D eigenvalue weighted by atomic mass is 19.1. The highest BCUT2D eigenvalue weighted by Gasteiger charge is 2.21. The Bertz CT molecular complexity index is 577. The number of rotatable bonds is 5. The molecule has 1 heterocycles. The minimum Gasteiger partial charge on any atom is -0.353 e. The monoisotopic (exact) mass is 335 g/mol. The van der Waals surface area contributed by atoms with Gasteiger partial charge in [-0.3, -0.25) is 14.5 Å². The molecule has 1 N–H and O–H groups in total. The van der Waals surface area contributed by atoms with Crippen molar-refractivity contribution in [3.05, 3.63) is 35.6 Å². The van der Waals surface area contributed by atoms with Crippen LogP contribution < -0.4 is 5.32 Å². The third kappa shape index (κ3) is 5.60. The van der Waals surface area contributed by atoms with E-state index in [1.165, 1.54) is 6.07 Å². The van der Waals surface area contributed by atoms with Gasteiger partial charge in [-0.25, -0.2) is 4.39 Å². The molecule has 132 valence electrons. The number of halogens is 1. The number of hydrogen-bond acceptors (Lipinski definition) is 3. The molecule has 1 aliphatic rings. The van der Waals surface area contributed by atoms with Crippen LogP contribution in [0.5, 0.6) is 0 Å². The maximum atomic E-state index is 13.7. The minimum absolute atomic E-state index is 0.0103. The van der Waals surface area contributed by atoms with Gasteiger partial charge in [0.1, 0.15) is 5.82 Å². The van der Waals surface area contributed by atoms with Crippen LogP contribution >= 0.6 is 0 Å². The van der Waals surface area contributed by atoms with E-state index in [1.54, 1.807) is 23.1 Å². The van der Waals surface area contributed by atoms with Crippen molar-refractivity contribution >= 4 is 11.8 Å². The van der Waals surface area contributed by atoms with Gasteiger partial charge in [-0.2, -0.15) is 0 Å². The number of benzene rings is 1. The van der Waals surface area contributed by atoms with Crippen molar-refractivity contribution in [3.63, 3.8) is 0 Å². The Labute approximate surface area is 142 Å². The average molecular weight is 335 g/mol. The second-order valence-corrected chi connectivity index (χ2v) is 6.50. The predicted molar refractivity (Wildman–Crippen MR) is 91.0 cm³/mol. The second kappa shape index (κ2) is 8.78. The summed E-state index contributed by atoms with van der Waals surface area (Å²) in [4.78, 5) is 28.1. The molecule has 1 fully saturated rings. The smallest absolute Gasteiger partial charge is 0.234 e. The molecule has 0 saturated carbocycles. The highest BCUT2D eigenvalue weighted by molar-refractivity contribution is 5.79. The molecule has 0 unspecified atom stereocenters. The third-order valence-electron chi connectivity index (χ3n) is 4.06. The van der Waals surface area contributed by atoms with E-state index >= 15 is 0 Å². The van der Waals surface area contributed by atoms with E-state index in [4.69, 9.17) is 0 Å². The molecule has 1 aromatic carbocycles. The van der Waals surface area contributed by atoms with Gasteiger partial charge in [-0.1, -0.05) is 18.2 Å². The number of nitrogens with zero attached hydrogens (tertiary/aromatic N) is 2. The summed E-state index contributed by atoms with van der Waals surface area (Å²) in [5, 5.41) is 2.88. The van der Waals surface area contributed by atoms with Crippen molar-refractivity contribution in [3.8, 4) is 0 Å². The quantitative estimate of drug-likeness (QED) is 0.886. The molecular weight excluding hydrogens is 309 g/mol. The van der Waals surface area contributed by atoms with Crippen LogP contribution in [0.15, 0.2) is 24.3 Å². The van der Waals surface area contributed by atoms with Crippen molar-refractivity contribution in [2.45, 2.75) is 32.7 Å². The molecule has 0 aliphatic carbocycles. The Morgan fingerprint density at radius 1 is 1.17 bits per heavy atom. The largest absolute Gasteiger partial charge is 0.353 e. The van der Waals surface area contributed by atoms with Crippen LogP contribution in [0.3, 0.4) is 0 Å². The summed E-state index contributed by atoms with van der Waals surface area (Å²) in [5.41, 5.74) is 0.430. The third-order valence-corrected chi connectivity index (χ3v) is 4.06. The van der Waals surface area contributed by atoms with Gasteiger partial charge in [-0.05, 0) is 31.9 Å². The number of amides is 2. The maximum absolute atomic E-state index is 13.7. The Kier molecular flexibility index (Phi) is 6.73. The molecule has 2 amide bonds. The van der Waals surface area contributed by atoms with Crippen LogP contribution in [-0.2, 0) is 16.0 Å². The van der Waals surface area contributed by atoms with Gasteiger partial charge < -0.3 is 10.2 Å². The van der Waals surface area contributed by atoms with Crippen LogP contribution in [0.25, 0.3) is 0 Å².